The minimum atomic E-state index is -3.19. The number of carbonyl (C=O) groups excluding carboxylic acids is 1. The molecule has 1 atom stereocenters. The molecular formula is C20H25N3O3S2. The van der Waals surface area contributed by atoms with Gasteiger partial charge >= 0.3 is 0 Å². The lowest BCUT2D eigenvalue weighted by molar-refractivity contribution is -0.134. The quantitative estimate of drug-likeness (QED) is 0.758. The monoisotopic (exact) mass is 419 g/mol. The number of carbonyl (C=O) groups is 1. The van der Waals surface area contributed by atoms with Crippen molar-refractivity contribution in [3.8, 4) is 0 Å². The molecule has 2 aliphatic heterocycles. The van der Waals surface area contributed by atoms with Crippen molar-refractivity contribution < 1.29 is 13.2 Å². The van der Waals surface area contributed by atoms with Crippen LogP contribution in [0.15, 0.2) is 41.8 Å². The fraction of sp³-hybridized carbons (Fsp3) is 0.450. The zero-order valence-corrected chi connectivity index (χ0v) is 17.6. The SMILES string of the molecule is CS(=O)(=O)N1CCN(C(=O)CN2CCc3sccc3[C@H]2c2ccccc2)CC1. The molecule has 6 nitrogen and oxygen atoms in total. The van der Waals surface area contributed by atoms with Crippen molar-refractivity contribution in [1.82, 2.24) is 14.1 Å². The Morgan fingerprint density at radius 3 is 2.46 bits per heavy atom. The summed E-state index contributed by atoms with van der Waals surface area (Å²) in [5, 5.41) is 2.14. The van der Waals surface area contributed by atoms with Crippen molar-refractivity contribution in [3.63, 3.8) is 0 Å². The molecule has 1 aromatic carbocycles. The predicted octanol–water partition coefficient (Wildman–Crippen LogP) is 1.80. The topological polar surface area (TPSA) is 60.9 Å². The summed E-state index contributed by atoms with van der Waals surface area (Å²) in [4.78, 5) is 18.4. The Hall–Kier alpha value is -1.74. The Morgan fingerprint density at radius 1 is 1.07 bits per heavy atom. The molecule has 2 aromatic rings. The molecular weight excluding hydrogens is 394 g/mol. The van der Waals surface area contributed by atoms with Crippen LogP contribution in [0.5, 0.6) is 0 Å². The average molecular weight is 420 g/mol. The lowest BCUT2D eigenvalue weighted by Crippen LogP contribution is -2.53. The van der Waals surface area contributed by atoms with Crippen molar-refractivity contribution in [2.24, 2.45) is 0 Å². The molecule has 4 rings (SSSR count). The van der Waals surface area contributed by atoms with E-state index in [1.807, 2.05) is 18.2 Å². The highest BCUT2D eigenvalue weighted by Crippen LogP contribution is 2.37. The van der Waals surface area contributed by atoms with E-state index in [2.05, 4.69) is 28.5 Å². The summed E-state index contributed by atoms with van der Waals surface area (Å²) in [5.41, 5.74) is 2.51. The molecule has 2 aliphatic rings. The van der Waals surface area contributed by atoms with Gasteiger partial charge in [0.2, 0.25) is 15.9 Å². The molecule has 1 aromatic heterocycles. The number of piperazine rings is 1. The zero-order chi connectivity index (χ0) is 19.7. The van der Waals surface area contributed by atoms with E-state index >= 15 is 0 Å². The van der Waals surface area contributed by atoms with Gasteiger partial charge in [0.15, 0.2) is 0 Å². The van der Waals surface area contributed by atoms with Crippen LogP contribution in [0.2, 0.25) is 0 Å². The fourth-order valence-electron chi connectivity index (χ4n) is 4.11. The summed E-state index contributed by atoms with van der Waals surface area (Å²) >= 11 is 1.79. The van der Waals surface area contributed by atoms with Crippen LogP contribution in [-0.2, 0) is 21.2 Å². The van der Waals surface area contributed by atoms with Crippen LogP contribution in [0.4, 0.5) is 0 Å². The van der Waals surface area contributed by atoms with Crippen LogP contribution in [0, 0.1) is 0 Å². The number of thiophene rings is 1. The summed E-state index contributed by atoms with van der Waals surface area (Å²) in [5.74, 6) is 0.0766. The first-order chi connectivity index (χ1) is 13.4. The number of benzene rings is 1. The van der Waals surface area contributed by atoms with Crippen LogP contribution in [0.3, 0.4) is 0 Å². The van der Waals surface area contributed by atoms with E-state index in [0.29, 0.717) is 32.7 Å². The third-order valence-electron chi connectivity index (χ3n) is 5.58. The molecule has 8 heteroatoms. The lowest BCUT2D eigenvalue weighted by atomic mass is 9.93. The van der Waals surface area contributed by atoms with E-state index in [-0.39, 0.29) is 11.9 Å². The van der Waals surface area contributed by atoms with Crippen LogP contribution in [-0.4, -0.2) is 74.0 Å². The van der Waals surface area contributed by atoms with E-state index in [0.717, 1.165) is 13.0 Å². The molecule has 0 unspecified atom stereocenters. The highest BCUT2D eigenvalue weighted by Gasteiger charge is 2.33. The Bertz CT molecular complexity index is 935. The third kappa shape index (κ3) is 4.00. The van der Waals surface area contributed by atoms with Gasteiger partial charge in [0, 0.05) is 37.6 Å². The number of hydrogen-bond donors (Lipinski definition) is 0. The molecule has 1 saturated heterocycles. The van der Waals surface area contributed by atoms with Gasteiger partial charge in [-0.1, -0.05) is 30.3 Å². The van der Waals surface area contributed by atoms with Gasteiger partial charge in [-0.3, -0.25) is 9.69 Å². The van der Waals surface area contributed by atoms with Gasteiger partial charge < -0.3 is 4.90 Å². The summed E-state index contributed by atoms with van der Waals surface area (Å²) in [6, 6.07) is 12.6. The van der Waals surface area contributed by atoms with E-state index < -0.39 is 10.0 Å². The predicted molar refractivity (Wildman–Crippen MR) is 111 cm³/mol. The third-order valence-corrected chi connectivity index (χ3v) is 7.88. The number of hydrogen-bond acceptors (Lipinski definition) is 5. The first kappa shape index (κ1) is 19.6. The highest BCUT2D eigenvalue weighted by molar-refractivity contribution is 7.88. The molecule has 0 spiro atoms. The van der Waals surface area contributed by atoms with Crippen molar-refractivity contribution in [2.75, 3.05) is 45.5 Å². The second-order valence-electron chi connectivity index (χ2n) is 7.38. The molecule has 0 bridgehead atoms. The van der Waals surface area contributed by atoms with Crippen molar-refractivity contribution in [3.05, 3.63) is 57.8 Å². The van der Waals surface area contributed by atoms with Crippen molar-refractivity contribution in [2.45, 2.75) is 12.5 Å². The molecule has 28 heavy (non-hydrogen) atoms. The number of amides is 1. The minimum absolute atomic E-state index is 0.0766. The molecule has 0 saturated carbocycles. The van der Waals surface area contributed by atoms with Gasteiger partial charge in [-0.15, -0.1) is 11.3 Å². The van der Waals surface area contributed by atoms with Gasteiger partial charge in [0.25, 0.3) is 0 Å². The van der Waals surface area contributed by atoms with E-state index in [1.165, 1.54) is 26.6 Å². The highest BCUT2D eigenvalue weighted by atomic mass is 32.2. The zero-order valence-electron chi connectivity index (χ0n) is 16.0. The molecule has 1 fully saturated rings. The van der Waals surface area contributed by atoms with Gasteiger partial charge in [-0.2, -0.15) is 4.31 Å². The molecule has 150 valence electrons. The maximum Gasteiger partial charge on any atom is 0.236 e. The maximum atomic E-state index is 13.0. The molecule has 0 radical (unpaired) electrons. The second kappa shape index (κ2) is 7.94. The number of fused-ring (bicyclic) bond motifs is 1. The Labute approximate surface area is 170 Å². The first-order valence-corrected chi connectivity index (χ1v) is 12.2. The fourth-order valence-corrected chi connectivity index (χ4v) is 5.84. The van der Waals surface area contributed by atoms with Crippen LogP contribution < -0.4 is 0 Å². The largest absolute Gasteiger partial charge is 0.339 e. The first-order valence-electron chi connectivity index (χ1n) is 9.51. The molecule has 1 amide bonds. The normalized spacial score (nSPS) is 21.5. The van der Waals surface area contributed by atoms with E-state index in [4.69, 9.17) is 0 Å². The minimum Gasteiger partial charge on any atom is -0.339 e. The summed E-state index contributed by atoms with van der Waals surface area (Å²) in [6.45, 7) is 2.87. The Kier molecular flexibility index (Phi) is 5.55. The van der Waals surface area contributed by atoms with Crippen molar-refractivity contribution >= 4 is 27.3 Å². The summed E-state index contributed by atoms with van der Waals surface area (Å²) < 4.78 is 24.8. The van der Waals surface area contributed by atoms with Crippen LogP contribution in [0.25, 0.3) is 0 Å². The van der Waals surface area contributed by atoms with Gasteiger partial charge in [0.05, 0.1) is 18.8 Å². The number of sulfonamides is 1. The van der Waals surface area contributed by atoms with E-state index in [9.17, 15) is 13.2 Å². The number of nitrogens with zero attached hydrogens (tertiary/aromatic N) is 3. The van der Waals surface area contributed by atoms with E-state index in [1.54, 1.807) is 16.2 Å². The molecule has 0 N–H and O–H groups in total. The van der Waals surface area contributed by atoms with Crippen LogP contribution in [0.1, 0.15) is 22.0 Å². The summed E-state index contributed by atoms with van der Waals surface area (Å²) in [7, 11) is -3.19. The summed E-state index contributed by atoms with van der Waals surface area (Å²) in [6.07, 6.45) is 2.19. The Morgan fingerprint density at radius 2 is 1.79 bits per heavy atom. The molecule has 3 heterocycles. The maximum absolute atomic E-state index is 13.0. The van der Waals surface area contributed by atoms with Gasteiger partial charge in [-0.25, -0.2) is 8.42 Å². The second-order valence-corrected chi connectivity index (χ2v) is 10.4. The smallest absolute Gasteiger partial charge is 0.236 e. The van der Waals surface area contributed by atoms with Gasteiger partial charge in [-0.05, 0) is 29.0 Å². The average Bonchev–Trinajstić information content (AvgIpc) is 3.16. The van der Waals surface area contributed by atoms with Crippen LogP contribution >= 0.6 is 11.3 Å². The number of rotatable bonds is 4. The lowest BCUT2D eigenvalue weighted by Gasteiger charge is -2.38. The van der Waals surface area contributed by atoms with Crippen molar-refractivity contribution in [1.29, 1.82) is 0 Å². The molecule has 0 aliphatic carbocycles. The standard InChI is InChI=1S/C20H25N3O3S2/c1-28(25,26)23-12-10-21(11-13-23)19(24)15-22-9-7-18-17(8-14-27-18)20(22)16-5-3-2-4-6-16/h2-6,8,14,20H,7,9-13,15H2,1H3/t20-/m1/s1. The van der Waals surface area contributed by atoms with Gasteiger partial charge in [0.1, 0.15) is 0 Å². The Balaban J connectivity index is 1.49.